The smallest absolute Gasteiger partial charge is 0.120 e. The van der Waals surface area contributed by atoms with Crippen molar-refractivity contribution in [1.82, 2.24) is 0 Å². The molecule has 1 unspecified atom stereocenters. The van der Waals surface area contributed by atoms with E-state index >= 15 is 0 Å². The highest BCUT2D eigenvalue weighted by Crippen LogP contribution is 2.30. The second kappa shape index (κ2) is 5.80. The van der Waals surface area contributed by atoms with E-state index in [2.05, 4.69) is 4.90 Å². The van der Waals surface area contributed by atoms with Crippen LogP contribution in [0.3, 0.4) is 0 Å². The highest BCUT2D eigenvalue weighted by Gasteiger charge is 2.25. The van der Waals surface area contributed by atoms with Crippen LogP contribution in [0.1, 0.15) is 31.7 Å². The topological polar surface area (TPSA) is 58.7 Å². The Morgan fingerprint density at radius 3 is 2.84 bits per heavy atom. The summed E-state index contributed by atoms with van der Waals surface area (Å²) in [6.45, 7) is 4.25. The molecule has 1 aromatic rings. The SMILES string of the molecule is COc1ccc(CN)c(N2CCCC(C)(O)CC2)c1. The Hall–Kier alpha value is -1.26. The molecule has 1 aromatic carbocycles. The molecule has 19 heavy (non-hydrogen) atoms. The Kier molecular flexibility index (Phi) is 4.32. The molecule has 1 saturated heterocycles. The summed E-state index contributed by atoms with van der Waals surface area (Å²) in [4.78, 5) is 2.31. The van der Waals surface area contributed by atoms with Crippen LogP contribution in [0.2, 0.25) is 0 Å². The van der Waals surface area contributed by atoms with Gasteiger partial charge in [0.05, 0.1) is 12.7 Å². The maximum atomic E-state index is 10.2. The monoisotopic (exact) mass is 264 g/mol. The second-order valence-corrected chi connectivity index (χ2v) is 5.54. The third-order valence-corrected chi connectivity index (χ3v) is 3.92. The molecule has 0 saturated carbocycles. The van der Waals surface area contributed by atoms with Gasteiger partial charge in [-0.1, -0.05) is 6.07 Å². The molecular formula is C15H24N2O2. The minimum atomic E-state index is -0.545. The lowest BCUT2D eigenvalue weighted by Gasteiger charge is -2.26. The second-order valence-electron chi connectivity index (χ2n) is 5.54. The van der Waals surface area contributed by atoms with Crippen LogP contribution in [0, 0.1) is 0 Å². The van der Waals surface area contributed by atoms with Gasteiger partial charge >= 0.3 is 0 Å². The van der Waals surface area contributed by atoms with Gasteiger partial charge in [-0.3, -0.25) is 0 Å². The number of hydrogen-bond acceptors (Lipinski definition) is 4. The van der Waals surface area contributed by atoms with Crippen LogP contribution in [0.4, 0.5) is 5.69 Å². The quantitative estimate of drug-likeness (QED) is 0.875. The number of ether oxygens (including phenoxy) is 1. The van der Waals surface area contributed by atoms with Gasteiger partial charge in [0.2, 0.25) is 0 Å². The summed E-state index contributed by atoms with van der Waals surface area (Å²) in [6.07, 6.45) is 2.63. The first-order valence-electron chi connectivity index (χ1n) is 6.90. The molecule has 0 aliphatic carbocycles. The Labute approximate surface area is 115 Å². The van der Waals surface area contributed by atoms with E-state index in [1.54, 1.807) is 7.11 Å². The molecule has 0 spiro atoms. The van der Waals surface area contributed by atoms with Crippen molar-refractivity contribution in [2.75, 3.05) is 25.1 Å². The van der Waals surface area contributed by atoms with Gasteiger partial charge in [0.25, 0.3) is 0 Å². The van der Waals surface area contributed by atoms with Crippen molar-refractivity contribution in [3.8, 4) is 5.75 Å². The molecule has 3 N–H and O–H groups in total. The van der Waals surface area contributed by atoms with Crippen molar-refractivity contribution < 1.29 is 9.84 Å². The largest absolute Gasteiger partial charge is 0.497 e. The highest BCUT2D eigenvalue weighted by atomic mass is 16.5. The molecule has 0 bridgehead atoms. The fourth-order valence-corrected chi connectivity index (χ4v) is 2.64. The first kappa shape index (κ1) is 14.2. The van der Waals surface area contributed by atoms with Gasteiger partial charge in [-0.2, -0.15) is 0 Å². The zero-order valence-corrected chi connectivity index (χ0v) is 11.9. The van der Waals surface area contributed by atoms with E-state index < -0.39 is 5.60 Å². The lowest BCUT2D eigenvalue weighted by atomic mass is 9.98. The molecule has 1 aliphatic rings. The van der Waals surface area contributed by atoms with Gasteiger partial charge in [-0.25, -0.2) is 0 Å². The van der Waals surface area contributed by atoms with Gasteiger partial charge in [-0.15, -0.1) is 0 Å². The average Bonchev–Trinajstić information content (AvgIpc) is 2.59. The summed E-state index contributed by atoms with van der Waals surface area (Å²) in [5.74, 6) is 0.850. The number of benzene rings is 1. The molecule has 0 aromatic heterocycles. The lowest BCUT2D eigenvalue weighted by Crippen LogP contribution is -2.29. The third-order valence-electron chi connectivity index (χ3n) is 3.92. The van der Waals surface area contributed by atoms with E-state index in [0.717, 1.165) is 49.4 Å². The molecule has 4 nitrogen and oxygen atoms in total. The van der Waals surface area contributed by atoms with E-state index in [0.29, 0.717) is 6.54 Å². The van der Waals surface area contributed by atoms with Crippen LogP contribution in [-0.2, 0) is 6.54 Å². The van der Waals surface area contributed by atoms with Gasteiger partial charge in [0.15, 0.2) is 0 Å². The fourth-order valence-electron chi connectivity index (χ4n) is 2.64. The van der Waals surface area contributed by atoms with E-state index in [4.69, 9.17) is 10.5 Å². The Morgan fingerprint density at radius 2 is 2.16 bits per heavy atom. The maximum Gasteiger partial charge on any atom is 0.120 e. The predicted molar refractivity (Wildman–Crippen MR) is 77.6 cm³/mol. The first-order chi connectivity index (χ1) is 9.05. The van der Waals surface area contributed by atoms with Crippen LogP contribution in [0.5, 0.6) is 5.75 Å². The maximum absolute atomic E-state index is 10.2. The summed E-state index contributed by atoms with van der Waals surface area (Å²) < 4.78 is 5.30. The summed E-state index contributed by atoms with van der Waals surface area (Å²) in [6, 6.07) is 6.01. The normalized spacial score (nSPS) is 24.1. The number of nitrogens with zero attached hydrogens (tertiary/aromatic N) is 1. The molecule has 0 amide bonds. The first-order valence-corrected chi connectivity index (χ1v) is 6.90. The molecule has 106 valence electrons. The molecule has 4 heteroatoms. The minimum Gasteiger partial charge on any atom is -0.497 e. The Morgan fingerprint density at radius 1 is 1.37 bits per heavy atom. The molecule has 2 rings (SSSR count). The highest BCUT2D eigenvalue weighted by molar-refractivity contribution is 5.57. The van der Waals surface area contributed by atoms with E-state index in [-0.39, 0.29) is 0 Å². The zero-order chi connectivity index (χ0) is 13.9. The van der Waals surface area contributed by atoms with Crippen LogP contribution in [-0.4, -0.2) is 30.9 Å². The standard InChI is InChI=1S/C15H24N2O2/c1-15(18)6-3-8-17(9-7-15)14-10-13(19-2)5-4-12(14)11-16/h4-5,10,18H,3,6-9,11,16H2,1-2H3. The van der Waals surface area contributed by atoms with Crippen molar-refractivity contribution in [3.63, 3.8) is 0 Å². The van der Waals surface area contributed by atoms with Gasteiger partial charge in [-0.05, 0) is 37.8 Å². The van der Waals surface area contributed by atoms with Gasteiger partial charge in [0, 0.05) is 31.4 Å². The van der Waals surface area contributed by atoms with Crippen LogP contribution in [0.25, 0.3) is 0 Å². The zero-order valence-electron chi connectivity index (χ0n) is 11.9. The summed E-state index contributed by atoms with van der Waals surface area (Å²) in [5, 5.41) is 10.2. The molecule has 1 fully saturated rings. The molecule has 1 atom stereocenters. The number of nitrogens with two attached hydrogens (primary N) is 1. The minimum absolute atomic E-state index is 0.520. The Bertz CT molecular complexity index is 432. The molecular weight excluding hydrogens is 240 g/mol. The third kappa shape index (κ3) is 3.39. The predicted octanol–water partition coefficient (Wildman–Crippen LogP) is 1.90. The Balaban J connectivity index is 2.24. The molecule has 0 radical (unpaired) electrons. The van der Waals surface area contributed by atoms with Crippen molar-refractivity contribution in [3.05, 3.63) is 23.8 Å². The van der Waals surface area contributed by atoms with Crippen LogP contribution >= 0.6 is 0 Å². The van der Waals surface area contributed by atoms with Crippen LogP contribution < -0.4 is 15.4 Å². The summed E-state index contributed by atoms with van der Waals surface area (Å²) >= 11 is 0. The average molecular weight is 264 g/mol. The van der Waals surface area contributed by atoms with Crippen molar-refractivity contribution >= 4 is 5.69 Å². The van der Waals surface area contributed by atoms with E-state index in [1.807, 2.05) is 25.1 Å². The van der Waals surface area contributed by atoms with E-state index in [1.165, 1.54) is 0 Å². The molecule has 1 heterocycles. The number of methoxy groups -OCH3 is 1. The van der Waals surface area contributed by atoms with Crippen LogP contribution in [0.15, 0.2) is 18.2 Å². The number of anilines is 1. The van der Waals surface area contributed by atoms with E-state index in [9.17, 15) is 5.11 Å². The van der Waals surface area contributed by atoms with Crippen molar-refractivity contribution in [2.45, 2.75) is 38.3 Å². The fraction of sp³-hybridized carbons (Fsp3) is 0.600. The van der Waals surface area contributed by atoms with Gasteiger partial charge < -0.3 is 20.5 Å². The number of aliphatic hydroxyl groups is 1. The van der Waals surface area contributed by atoms with Crippen molar-refractivity contribution in [1.29, 1.82) is 0 Å². The number of rotatable bonds is 3. The lowest BCUT2D eigenvalue weighted by molar-refractivity contribution is 0.0481. The number of hydrogen-bond donors (Lipinski definition) is 2. The molecule has 1 aliphatic heterocycles. The van der Waals surface area contributed by atoms with Crippen molar-refractivity contribution in [2.24, 2.45) is 5.73 Å². The summed E-state index contributed by atoms with van der Waals surface area (Å²) in [5.41, 5.74) is 7.54. The van der Waals surface area contributed by atoms with Gasteiger partial charge in [0.1, 0.15) is 5.75 Å². The summed E-state index contributed by atoms with van der Waals surface area (Å²) in [7, 11) is 1.68.